The normalized spacial score (nSPS) is 35.5. The van der Waals surface area contributed by atoms with E-state index < -0.39 is 0 Å². The van der Waals surface area contributed by atoms with Gasteiger partial charge in [-0.15, -0.1) is 0 Å². The number of fused-ring (bicyclic) bond motifs is 10. The molecule has 0 aliphatic heterocycles. The fourth-order valence-corrected chi connectivity index (χ4v) is 20.5. The molecule has 6 fully saturated rings. The monoisotopic (exact) mass is 1280 g/mol. The quantitative estimate of drug-likeness (QED) is 0.0245. The van der Waals surface area contributed by atoms with E-state index in [-0.39, 0.29) is 62.7 Å². The first kappa shape index (κ1) is 72.8. The fraction of sp³-hybridized carbons (Fsp3) is 0.943. The molecule has 0 aromatic heterocycles. The lowest BCUT2D eigenvalue weighted by Crippen LogP contribution is -3.00. The minimum Gasteiger partial charge on any atom is -1.00 e. The molecule has 16 atom stereocenters. The minimum atomic E-state index is 0. The van der Waals surface area contributed by atoms with Crippen molar-refractivity contribution in [3.63, 3.8) is 0 Å². The average Bonchev–Trinajstić information content (AvgIpc) is 1.53. The number of halogens is 2. The van der Waals surface area contributed by atoms with E-state index in [0.29, 0.717) is 78.1 Å². The van der Waals surface area contributed by atoms with Crippen LogP contribution in [0.4, 0.5) is 0 Å². The van der Waals surface area contributed by atoms with Gasteiger partial charge in [-0.25, -0.2) is 0 Å². The summed E-state index contributed by atoms with van der Waals surface area (Å²) in [5.41, 5.74) is 5.39. The summed E-state index contributed by atoms with van der Waals surface area (Å²) in [4.78, 5) is 1.79. The SMILES string of the molecule is CC(C)CCCC(C)C1CCC2C3CC=C4CC(OCCBr)CCC4(C)C3CCC12C.CC(C)CCCC(C)C1CCC2C3CC=C4CC(OCC[N+](CCO)(CCO)CCO)CCC4(C)C3CCC12C.OCCN(CCO)CCO.[Br-]. The van der Waals surface area contributed by atoms with Gasteiger partial charge in [0.1, 0.15) is 26.2 Å². The Kier molecular flexibility index (Phi) is 30.4. The number of quaternary nitrogens is 1. The molecule has 8 rings (SSSR count). The van der Waals surface area contributed by atoms with Crippen LogP contribution in [-0.2, 0) is 9.47 Å². The summed E-state index contributed by atoms with van der Waals surface area (Å²) in [5.74, 6) is 10.8. The van der Waals surface area contributed by atoms with Gasteiger partial charge >= 0.3 is 0 Å². The summed E-state index contributed by atoms with van der Waals surface area (Å²) in [6.07, 6.45) is 36.2. The first-order chi connectivity index (χ1) is 38.8. The molecule has 8 aliphatic rings. The number of ether oxygens (including phenoxy) is 2. The van der Waals surface area contributed by atoms with Crippen molar-refractivity contribution in [1.29, 1.82) is 0 Å². The smallest absolute Gasteiger partial charge is 0.103 e. The van der Waals surface area contributed by atoms with E-state index in [1.165, 1.54) is 128 Å². The molecule has 10 nitrogen and oxygen atoms in total. The predicted octanol–water partition coefficient (Wildman–Crippen LogP) is 10.3. The summed E-state index contributed by atoms with van der Waals surface area (Å²) in [5, 5.41) is 55.2. The zero-order chi connectivity index (χ0) is 59.0. The second-order valence-corrected chi connectivity index (χ2v) is 31.0. The molecule has 480 valence electrons. The van der Waals surface area contributed by atoms with Crippen molar-refractivity contribution >= 4 is 15.9 Å². The molecular formula is C70H128Br2N2O8. The first-order valence-electron chi connectivity index (χ1n) is 34.2. The van der Waals surface area contributed by atoms with Crippen LogP contribution in [0.3, 0.4) is 0 Å². The molecule has 0 amide bonds. The number of hydrogen-bond acceptors (Lipinski definition) is 9. The van der Waals surface area contributed by atoms with Crippen LogP contribution >= 0.6 is 15.9 Å². The highest BCUT2D eigenvalue weighted by Gasteiger charge is 2.61. The van der Waals surface area contributed by atoms with Gasteiger partial charge in [0.05, 0.1) is 65.1 Å². The lowest BCUT2D eigenvalue weighted by Gasteiger charge is -2.58. The van der Waals surface area contributed by atoms with Gasteiger partial charge in [-0.3, -0.25) is 4.90 Å². The van der Waals surface area contributed by atoms with Crippen LogP contribution in [0.2, 0.25) is 0 Å². The molecular weight excluding hydrogens is 1160 g/mol. The van der Waals surface area contributed by atoms with Crippen molar-refractivity contribution in [2.75, 3.05) is 104 Å². The molecule has 6 N–H and O–H groups in total. The Morgan fingerprint density at radius 2 is 0.915 bits per heavy atom. The van der Waals surface area contributed by atoms with Crippen molar-refractivity contribution in [2.45, 2.75) is 223 Å². The maximum Gasteiger partial charge on any atom is 0.103 e. The Balaban J connectivity index is 0.000000260. The zero-order valence-electron chi connectivity index (χ0n) is 54.3. The van der Waals surface area contributed by atoms with Crippen LogP contribution in [-0.4, -0.2) is 156 Å². The van der Waals surface area contributed by atoms with E-state index in [1.54, 1.807) is 16.0 Å². The maximum absolute atomic E-state index is 9.60. The Morgan fingerprint density at radius 1 is 0.512 bits per heavy atom. The third kappa shape index (κ3) is 17.7. The van der Waals surface area contributed by atoms with E-state index in [9.17, 15) is 15.3 Å². The molecule has 0 radical (unpaired) electrons. The Bertz CT molecular complexity index is 1860. The Labute approximate surface area is 522 Å². The van der Waals surface area contributed by atoms with E-state index in [4.69, 9.17) is 24.8 Å². The topological polar surface area (TPSA) is 143 Å². The van der Waals surface area contributed by atoms with E-state index in [1.807, 2.05) is 0 Å². The van der Waals surface area contributed by atoms with Gasteiger partial charge in [0, 0.05) is 25.0 Å². The summed E-state index contributed by atoms with van der Waals surface area (Å²) < 4.78 is 13.2. The fourth-order valence-electron chi connectivity index (χ4n) is 20.3. The number of aliphatic hydroxyl groups is 6. The van der Waals surface area contributed by atoms with Crippen LogP contribution < -0.4 is 17.0 Å². The molecule has 0 spiro atoms. The highest BCUT2D eigenvalue weighted by Crippen LogP contribution is 2.69. The molecule has 82 heavy (non-hydrogen) atoms. The van der Waals surface area contributed by atoms with Crippen LogP contribution in [0, 0.1) is 92.7 Å². The van der Waals surface area contributed by atoms with Crippen molar-refractivity contribution in [3.8, 4) is 0 Å². The van der Waals surface area contributed by atoms with Gasteiger partial charge < -0.3 is 61.6 Å². The summed E-state index contributed by atoms with van der Waals surface area (Å²) in [7, 11) is 0. The third-order valence-corrected chi connectivity index (χ3v) is 25.2. The number of nitrogens with zero attached hydrogens (tertiary/aromatic N) is 2. The maximum atomic E-state index is 9.60. The molecule has 12 heteroatoms. The molecule has 0 aromatic carbocycles. The van der Waals surface area contributed by atoms with Gasteiger partial charge in [-0.1, -0.05) is 147 Å². The third-order valence-electron chi connectivity index (χ3n) is 24.8. The predicted molar refractivity (Wildman–Crippen MR) is 338 cm³/mol. The largest absolute Gasteiger partial charge is 1.00 e. The van der Waals surface area contributed by atoms with E-state index in [2.05, 4.69) is 97.3 Å². The lowest BCUT2D eigenvalue weighted by molar-refractivity contribution is -0.929. The number of aliphatic hydroxyl groups excluding tert-OH is 6. The van der Waals surface area contributed by atoms with Crippen molar-refractivity contribution in [1.82, 2.24) is 4.90 Å². The molecule has 16 unspecified atom stereocenters. The number of alkyl halides is 1. The number of rotatable bonds is 29. The van der Waals surface area contributed by atoms with Crippen molar-refractivity contribution in [3.05, 3.63) is 23.3 Å². The first-order valence-corrected chi connectivity index (χ1v) is 35.3. The highest BCUT2D eigenvalue weighted by molar-refractivity contribution is 9.09. The summed E-state index contributed by atoms with van der Waals surface area (Å²) >= 11 is 3.53. The van der Waals surface area contributed by atoms with E-state index >= 15 is 0 Å². The summed E-state index contributed by atoms with van der Waals surface area (Å²) in [6, 6.07) is 0. The molecule has 0 aromatic rings. The van der Waals surface area contributed by atoms with Crippen LogP contribution in [0.1, 0.15) is 210 Å². The zero-order valence-corrected chi connectivity index (χ0v) is 57.4. The molecule has 0 heterocycles. The highest BCUT2D eigenvalue weighted by atomic mass is 79.9. The number of hydrogen-bond donors (Lipinski definition) is 6. The van der Waals surface area contributed by atoms with Crippen LogP contribution in [0.15, 0.2) is 23.3 Å². The van der Waals surface area contributed by atoms with Crippen molar-refractivity contribution < 1.29 is 61.6 Å². The molecule has 0 saturated heterocycles. The standard InChI is InChI=1S/C35H64NO4.C29H49BrO.C6H15NO3.BrH/c1-26(2)7-6-8-27(3)31-11-12-32-30-10-9-28-25-29(13-15-34(28,4)33(30)14-16-35(31,32)5)40-24-20-36(17-21-37,18-22-38)19-23-39;1-20(2)7-6-8-21(3)25-11-12-26-24-10-9-22-19-23(31-18-17-30)13-15-28(22,4)27(24)14-16-29(25,26)5;8-4-1-7(2-5-9)3-6-10;/h9,26-27,29-33,37-39H,6-8,10-25H2,1-5H3;9,20-21,23-27H,6-8,10-19H2,1-5H3;8-10H,1-6H2;1H/q+1;;;/p-1. The van der Waals surface area contributed by atoms with Gasteiger partial charge in [0.15, 0.2) is 0 Å². The molecule has 0 bridgehead atoms. The second-order valence-electron chi connectivity index (χ2n) is 30.2. The molecule has 8 aliphatic carbocycles. The number of allylic oxidation sites excluding steroid dienone is 2. The summed E-state index contributed by atoms with van der Waals surface area (Å²) in [6.45, 7) is 31.1. The van der Waals surface area contributed by atoms with Crippen LogP contribution in [0.25, 0.3) is 0 Å². The van der Waals surface area contributed by atoms with Crippen molar-refractivity contribution in [2.24, 2.45) is 92.7 Å². The average molecular weight is 1290 g/mol. The Hall–Kier alpha value is 0.0400. The lowest BCUT2D eigenvalue weighted by atomic mass is 9.47. The van der Waals surface area contributed by atoms with Crippen LogP contribution in [0.5, 0.6) is 0 Å². The van der Waals surface area contributed by atoms with Gasteiger partial charge in [0.2, 0.25) is 0 Å². The molecule has 6 saturated carbocycles. The van der Waals surface area contributed by atoms with Gasteiger partial charge in [-0.05, 0) is 195 Å². The second kappa shape index (κ2) is 34.3. The van der Waals surface area contributed by atoms with Gasteiger partial charge in [0.25, 0.3) is 0 Å². The minimum absolute atomic E-state index is 0. The Morgan fingerprint density at radius 3 is 1.28 bits per heavy atom. The van der Waals surface area contributed by atoms with E-state index in [0.717, 1.165) is 102 Å². The van der Waals surface area contributed by atoms with Gasteiger partial charge in [-0.2, -0.15) is 0 Å².